The van der Waals surface area contributed by atoms with Gasteiger partial charge in [0, 0.05) is 53.7 Å². The van der Waals surface area contributed by atoms with Crippen molar-refractivity contribution in [3.8, 4) is 17.0 Å². The summed E-state index contributed by atoms with van der Waals surface area (Å²) in [6.45, 7) is 20.4. The summed E-state index contributed by atoms with van der Waals surface area (Å²) < 4.78 is 10.2. The average molecular weight is 692 g/mol. The minimum Gasteiger partial charge on any atom is -0.497 e. The standard InChI is InChI=1S/C41H51N5O3.C2H6/c1-8-12-27(13-9-2)38-35-16-14-28(26(6)47)20-36(35)45-22-30(18-29-19-33(49-7)15-17-34(29)40(38)45)39-37(25(5)42-46(39)11-4)41(48)44-24-31-21-32(44)23-43(31)10-3;1-2/h14-20,27,31-32H,8-13,21-24H2,1-7H3;1-2H3/t31-,32-;/m0./s1. The number of nitrogens with zero attached hydrogens (tertiary/aromatic N) is 5. The number of ether oxygens (including phenoxy) is 1. The molecular formula is C43H57N5O3. The third-order valence-corrected chi connectivity index (χ3v) is 11.3. The zero-order valence-electron chi connectivity index (χ0n) is 32.3. The van der Waals surface area contributed by atoms with Gasteiger partial charge in [0.2, 0.25) is 0 Å². The number of ketones is 1. The molecule has 0 N–H and O–H groups in total. The fourth-order valence-electron chi connectivity index (χ4n) is 9.06. The number of likely N-dealkylation sites (N-methyl/N-ethyl adjacent to an activating group) is 1. The molecule has 0 spiro atoms. The Hall–Kier alpha value is -4.17. The van der Waals surface area contributed by atoms with Gasteiger partial charge in [0.15, 0.2) is 5.78 Å². The van der Waals surface area contributed by atoms with Crippen LogP contribution in [0, 0.1) is 6.92 Å². The van der Waals surface area contributed by atoms with E-state index in [0.717, 1.165) is 91.1 Å². The van der Waals surface area contributed by atoms with Gasteiger partial charge in [-0.25, -0.2) is 0 Å². The Morgan fingerprint density at radius 2 is 1.69 bits per heavy atom. The molecule has 0 radical (unpaired) electrons. The smallest absolute Gasteiger partial charge is 0.258 e. The van der Waals surface area contributed by atoms with Gasteiger partial charge in [0.1, 0.15) is 5.75 Å². The molecule has 0 unspecified atom stereocenters. The number of Topliss-reactive ketones (excluding diaryl/α,β-unsaturated/α-hetero) is 1. The van der Waals surface area contributed by atoms with Crippen LogP contribution >= 0.6 is 0 Å². The molecule has 7 rings (SSSR count). The molecule has 2 aromatic carbocycles. The summed E-state index contributed by atoms with van der Waals surface area (Å²) in [5.74, 6) is 1.32. The maximum atomic E-state index is 14.7. The third-order valence-electron chi connectivity index (χ3n) is 11.3. The first-order valence-corrected chi connectivity index (χ1v) is 19.4. The van der Waals surface area contributed by atoms with Crippen LogP contribution in [0.5, 0.6) is 5.75 Å². The number of methoxy groups -OCH3 is 1. The molecule has 2 saturated heterocycles. The minimum absolute atomic E-state index is 0.0568. The van der Waals surface area contributed by atoms with Crippen LogP contribution < -0.4 is 4.74 Å². The highest BCUT2D eigenvalue weighted by Gasteiger charge is 2.46. The molecule has 3 aliphatic rings. The molecule has 2 atom stereocenters. The number of piperazine rings is 1. The van der Waals surface area contributed by atoms with Crippen molar-refractivity contribution in [2.24, 2.45) is 0 Å². The fraction of sp³-hybridized carbons (Fsp3) is 0.512. The first-order valence-electron chi connectivity index (χ1n) is 19.4. The lowest BCUT2D eigenvalue weighted by Gasteiger charge is -2.33. The first kappa shape index (κ1) is 36.6. The second-order valence-electron chi connectivity index (χ2n) is 14.2. The summed E-state index contributed by atoms with van der Waals surface area (Å²) in [5, 5.41) is 6.20. The number of aryl methyl sites for hydroxylation is 2. The molecule has 2 aromatic heterocycles. The predicted molar refractivity (Wildman–Crippen MR) is 209 cm³/mol. The van der Waals surface area contributed by atoms with Gasteiger partial charge < -0.3 is 14.2 Å². The van der Waals surface area contributed by atoms with E-state index in [4.69, 9.17) is 9.84 Å². The lowest BCUT2D eigenvalue weighted by atomic mass is 9.85. The van der Waals surface area contributed by atoms with Gasteiger partial charge in [-0.1, -0.05) is 59.6 Å². The van der Waals surface area contributed by atoms with Gasteiger partial charge in [-0.2, -0.15) is 5.10 Å². The fourth-order valence-corrected chi connectivity index (χ4v) is 9.06. The van der Waals surface area contributed by atoms with Crippen molar-refractivity contribution in [3.05, 3.63) is 70.0 Å². The van der Waals surface area contributed by atoms with E-state index in [2.05, 4.69) is 78.5 Å². The van der Waals surface area contributed by atoms with Crippen LogP contribution in [0.2, 0.25) is 0 Å². The van der Waals surface area contributed by atoms with Crippen LogP contribution in [-0.4, -0.2) is 74.7 Å². The van der Waals surface area contributed by atoms with E-state index < -0.39 is 0 Å². The number of amides is 1. The number of carbonyl (C=O) groups excluding carboxylic acids is 2. The molecule has 3 aliphatic heterocycles. The van der Waals surface area contributed by atoms with E-state index in [1.165, 1.54) is 16.6 Å². The van der Waals surface area contributed by atoms with Crippen LogP contribution in [0.15, 0.2) is 36.4 Å². The van der Waals surface area contributed by atoms with E-state index in [0.29, 0.717) is 36.2 Å². The van der Waals surface area contributed by atoms with Crippen LogP contribution in [0.1, 0.15) is 130 Å². The maximum Gasteiger partial charge on any atom is 0.258 e. The summed E-state index contributed by atoms with van der Waals surface area (Å²) in [6.07, 6.45) is 7.68. The number of aromatic nitrogens is 3. The quantitative estimate of drug-likeness (QED) is 0.147. The van der Waals surface area contributed by atoms with Crippen molar-refractivity contribution in [2.75, 3.05) is 26.7 Å². The number of rotatable bonds is 11. The van der Waals surface area contributed by atoms with Crippen molar-refractivity contribution < 1.29 is 14.3 Å². The lowest BCUT2D eigenvalue weighted by Crippen LogP contribution is -2.48. The molecule has 8 heteroatoms. The molecular weight excluding hydrogens is 635 g/mol. The Balaban J connectivity index is 0.00000220. The number of carbonyl (C=O) groups is 2. The van der Waals surface area contributed by atoms with E-state index in [1.807, 2.05) is 31.5 Å². The Morgan fingerprint density at radius 3 is 2.29 bits per heavy atom. The van der Waals surface area contributed by atoms with Gasteiger partial charge >= 0.3 is 0 Å². The molecule has 0 saturated carbocycles. The zero-order chi connectivity index (χ0) is 36.6. The van der Waals surface area contributed by atoms with Gasteiger partial charge in [0.05, 0.1) is 36.3 Å². The van der Waals surface area contributed by atoms with E-state index in [-0.39, 0.29) is 17.7 Å². The Labute approximate surface area is 304 Å². The van der Waals surface area contributed by atoms with Crippen molar-refractivity contribution in [1.82, 2.24) is 24.1 Å². The van der Waals surface area contributed by atoms with Gasteiger partial charge in [-0.3, -0.25) is 19.2 Å². The Morgan fingerprint density at radius 1 is 0.941 bits per heavy atom. The van der Waals surface area contributed by atoms with Crippen molar-refractivity contribution in [3.63, 3.8) is 0 Å². The van der Waals surface area contributed by atoms with Crippen LogP contribution in [0.3, 0.4) is 0 Å². The molecule has 2 fully saturated rings. The monoisotopic (exact) mass is 691 g/mol. The highest BCUT2D eigenvalue weighted by Crippen LogP contribution is 2.47. The lowest BCUT2D eigenvalue weighted by molar-refractivity contribution is 0.0629. The summed E-state index contributed by atoms with van der Waals surface area (Å²) in [5.41, 5.74) is 9.97. The number of benzene rings is 2. The Bertz CT molecular complexity index is 1960. The van der Waals surface area contributed by atoms with Crippen LogP contribution in [0.25, 0.3) is 33.8 Å². The number of likely N-dealkylation sites (tertiary alicyclic amines) is 2. The number of allylic oxidation sites excluding steroid dienone is 1. The molecule has 2 bridgehead atoms. The largest absolute Gasteiger partial charge is 0.497 e. The third kappa shape index (κ3) is 6.34. The van der Waals surface area contributed by atoms with Gasteiger partial charge in [-0.05, 0) is 99.5 Å². The highest BCUT2D eigenvalue weighted by molar-refractivity contribution is 6.05. The molecule has 272 valence electrons. The summed E-state index contributed by atoms with van der Waals surface area (Å²) >= 11 is 0. The maximum absolute atomic E-state index is 14.7. The SMILES string of the molecule is CC.CCCC(CCC)c1c2n(c3cc(C(C)=O)ccc13)CC(c1c(C(=O)N3C[C@@H]4C[C@H]3CN4CC)c(C)nn1CC)=Cc1cc(OC)ccc1-2. The number of hydrogen-bond donors (Lipinski definition) is 0. The molecule has 51 heavy (non-hydrogen) atoms. The van der Waals surface area contributed by atoms with Crippen LogP contribution in [-0.2, 0) is 13.1 Å². The van der Waals surface area contributed by atoms with Crippen LogP contribution in [0.4, 0.5) is 0 Å². The Kier molecular flexibility index (Phi) is 10.9. The molecule has 1 amide bonds. The topological polar surface area (TPSA) is 72.6 Å². The second kappa shape index (κ2) is 15.2. The normalized spacial score (nSPS) is 18.0. The molecule has 8 nitrogen and oxygen atoms in total. The molecule has 5 heterocycles. The van der Waals surface area contributed by atoms with E-state index in [1.54, 1.807) is 14.0 Å². The highest BCUT2D eigenvalue weighted by atomic mass is 16.5. The van der Waals surface area contributed by atoms with E-state index >= 15 is 0 Å². The van der Waals surface area contributed by atoms with Crippen molar-refractivity contribution in [2.45, 2.75) is 119 Å². The summed E-state index contributed by atoms with van der Waals surface area (Å²) in [6, 6.07) is 13.3. The van der Waals surface area contributed by atoms with Crippen molar-refractivity contribution in [1.29, 1.82) is 0 Å². The summed E-state index contributed by atoms with van der Waals surface area (Å²) in [7, 11) is 1.71. The second-order valence-corrected chi connectivity index (χ2v) is 14.2. The molecule has 4 aromatic rings. The van der Waals surface area contributed by atoms with Crippen molar-refractivity contribution >= 4 is 34.2 Å². The molecule has 0 aliphatic carbocycles. The van der Waals surface area contributed by atoms with E-state index in [9.17, 15) is 9.59 Å². The minimum atomic E-state index is 0.0568. The zero-order valence-corrected chi connectivity index (χ0v) is 32.3. The number of fused-ring (bicyclic) bond motifs is 7. The predicted octanol–water partition coefficient (Wildman–Crippen LogP) is 9.23. The summed E-state index contributed by atoms with van der Waals surface area (Å²) in [4.78, 5) is 32.0. The average Bonchev–Trinajstić information content (AvgIpc) is 3.89. The van der Waals surface area contributed by atoms with Gasteiger partial charge in [0.25, 0.3) is 5.91 Å². The first-order chi connectivity index (χ1) is 24.7. The van der Waals surface area contributed by atoms with Gasteiger partial charge in [-0.15, -0.1) is 0 Å². The number of hydrogen-bond acceptors (Lipinski definition) is 5.